The van der Waals surface area contributed by atoms with E-state index in [0.29, 0.717) is 18.0 Å². The van der Waals surface area contributed by atoms with Crippen molar-refractivity contribution in [2.75, 3.05) is 6.54 Å². The Bertz CT molecular complexity index is 1200. The van der Waals surface area contributed by atoms with Gasteiger partial charge in [0.2, 0.25) is 0 Å². The second-order valence-electron chi connectivity index (χ2n) is 7.97. The third-order valence-corrected chi connectivity index (χ3v) is 5.87. The van der Waals surface area contributed by atoms with Gasteiger partial charge in [0.25, 0.3) is 5.91 Å². The fourth-order valence-corrected chi connectivity index (χ4v) is 4.41. The van der Waals surface area contributed by atoms with Crippen molar-refractivity contribution in [2.24, 2.45) is 5.92 Å². The largest absolute Gasteiger partial charge is 0.346 e. The third kappa shape index (κ3) is 3.36. The predicted molar refractivity (Wildman–Crippen MR) is 112 cm³/mol. The lowest BCUT2D eigenvalue weighted by Gasteiger charge is -2.21. The highest BCUT2D eigenvalue weighted by atomic mass is 19.1. The molecule has 4 heterocycles. The fourth-order valence-electron chi connectivity index (χ4n) is 4.41. The number of benzene rings is 1. The van der Waals surface area contributed by atoms with Crippen LogP contribution in [0.15, 0.2) is 61.1 Å². The summed E-state index contributed by atoms with van der Waals surface area (Å²) >= 11 is 0. The minimum atomic E-state index is -0.384. The number of carbonyl (C=O) groups excluding carboxylic acids is 1. The molecule has 1 saturated heterocycles. The van der Waals surface area contributed by atoms with E-state index < -0.39 is 0 Å². The van der Waals surface area contributed by atoms with Crippen molar-refractivity contribution in [1.29, 1.82) is 0 Å². The number of aromatic nitrogens is 4. The van der Waals surface area contributed by atoms with Crippen LogP contribution in [0.25, 0.3) is 22.3 Å². The predicted octanol–water partition coefficient (Wildman–Crippen LogP) is 4.12. The zero-order chi connectivity index (χ0) is 20.7. The smallest absolute Gasteiger partial charge is 0.254 e. The molecule has 3 aromatic heterocycles. The van der Waals surface area contributed by atoms with Crippen LogP contribution in [-0.2, 0) is 6.54 Å². The number of likely N-dealkylation sites (tertiary alicyclic amines) is 1. The number of halogens is 1. The van der Waals surface area contributed by atoms with Gasteiger partial charge in [-0.05, 0) is 55.7 Å². The molecule has 1 aliphatic rings. The summed E-state index contributed by atoms with van der Waals surface area (Å²) in [6.45, 7) is 3.54. The summed E-state index contributed by atoms with van der Waals surface area (Å²) in [6, 6.07) is 12.2. The Morgan fingerprint density at radius 3 is 2.97 bits per heavy atom. The summed E-state index contributed by atoms with van der Waals surface area (Å²) in [6.07, 6.45) is 6.56. The number of H-pyrrole nitrogens is 1. The van der Waals surface area contributed by atoms with Crippen molar-refractivity contribution < 1.29 is 9.18 Å². The Morgan fingerprint density at radius 2 is 2.17 bits per heavy atom. The monoisotopic (exact) mass is 403 g/mol. The van der Waals surface area contributed by atoms with Crippen molar-refractivity contribution >= 4 is 16.9 Å². The Balaban J connectivity index is 1.33. The van der Waals surface area contributed by atoms with Gasteiger partial charge in [0.15, 0.2) is 0 Å². The second-order valence-corrected chi connectivity index (χ2v) is 7.97. The molecule has 0 radical (unpaired) electrons. The molecule has 1 unspecified atom stereocenters. The van der Waals surface area contributed by atoms with Gasteiger partial charge in [-0.2, -0.15) is 5.10 Å². The molecule has 5 rings (SSSR count). The van der Waals surface area contributed by atoms with Gasteiger partial charge >= 0.3 is 0 Å². The summed E-state index contributed by atoms with van der Waals surface area (Å²) in [5, 5.41) is 6.80. The molecule has 6 nitrogen and oxygen atoms in total. The maximum atomic E-state index is 13.5. The molecule has 1 fully saturated rings. The van der Waals surface area contributed by atoms with E-state index in [1.165, 1.54) is 12.1 Å². The summed E-state index contributed by atoms with van der Waals surface area (Å²) in [4.78, 5) is 19.5. The van der Waals surface area contributed by atoms with Gasteiger partial charge in [-0.15, -0.1) is 0 Å². The van der Waals surface area contributed by atoms with Crippen LogP contribution in [-0.4, -0.2) is 43.1 Å². The molecular formula is C23H22FN5O. The lowest BCUT2D eigenvalue weighted by molar-refractivity contribution is 0.0741. The van der Waals surface area contributed by atoms with Crippen LogP contribution in [0.1, 0.15) is 23.7 Å². The number of nitrogens with zero attached hydrogens (tertiary/aromatic N) is 4. The van der Waals surface area contributed by atoms with E-state index >= 15 is 0 Å². The maximum absolute atomic E-state index is 13.5. The number of fused-ring (bicyclic) bond motifs is 1. The zero-order valence-electron chi connectivity index (χ0n) is 16.6. The molecule has 1 N–H and O–H groups in total. The fraction of sp³-hybridized carbons (Fsp3) is 0.261. The zero-order valence-corrected chi connectivity index (χ0v) is 16.6. The van der Waals surface area contributed by atoms with Crippen molar-refractivity contribution in [3.63, 3.8) is 0 Å². The molecule has 1 aromatic carbocycles. The van der Waals surface area contributed by atoms with Crippen LogP contribution in [0, 0.1) is 11.7 Å². The van der Waals surface area contributed by atoms with Gasteiger partial charge in [-0.3, -0.25) is 9.89 Å². The summed E-state index contributed by atoms with van der Waals surface area (Å²) in [5.74, 6) is -0.153. The van der Waals surface area contributed by atoms with Crippen LogP contribution in [0.5, 0.6) is 0 Å². The average molecular weight is 403 g/mol. The highest BCUT2D eigenvalue weighted by Crippen LogP contribution is 2.28. The molecule has 0 saturated carbocycles. The van der Waals surface area contributed by atoms with Crippen LogP contribution < -0.4 is 0 Å². The van der Waals surface area contributed by atoms with Crippen molar-refractivity contribution in [1.82, 2.24) is 24.6 Å². The number of pyridine rings is 1. The number of nitrogens with one attached hydrogen (secondary N) is 1. The molecule has 0 bridgehead atoms. The van der Waals surface area contributed by atoms with Gasteiger partial charge < -0.3 is 9.47 Å². The Kier molecular flexibility index (Phi) is 4.58. The summed E-state index contributed by atoms with van der Waals surface area (Å²) < 4.78 is 15.7. The van der Waals surface area contributed by atoms with Gasteiger partial charge in [0, 0.05) is 42.7 Å². The molecule has 4 aromatic rings. The van der Waals surface area contributed by atoms with Gasteiger partial charge in [-0.25, -0.2) is 9.37 Å². The van der Waals surface area contributed by atoms with Crippen LogP contribution in [0.4, 0.5) is 4.39 Å². The molecule has 2 atom stereocenters. The van der Waals surface area contributed by atoms with E-state index in [2.05, 4.69) is 34.0 Å². The van der Waals surface area contributed by atoms with Crippen LogP contribution in [0.2, 0.25) is 0 Å². The molecule has 0 spiro atoms. The topological polar surface area (TPSA) is 66.8 Å². The first-order valence-electron chi connectivity index (χ1n) is 10.1. The first-order chi connectivity index (χ1) is 14.6. The van der Waals surface area contributed by atoms with Gasteiger partial charge in [0.1, 0.15) is 5.82 Å². The number of rotatable bonds is 4. The Hall–Kier alpha value is -3.48. The molecule has 1 aliphatic heterocycles. The van der Waals surface area contributed by atoms with Crippen LogP contribution in [0.3, 0.4) is 0 Å². The minimum Gasteiger partial charge on any atom is -0.346 e. The van der Waals surface area contributed by atoms with E-state index in [0.717, 1.165) is 35.3 Å². The Labute approximate surface area is 173 Å². The normalized spacial score (nSPS) is 18.9. The molecule has 30 heavy (non-hydrogen) atoms. The number of carbonyl (C=O) groups is 1. The first-order valence-corrected chi connectivity index (χ1v) is 10.1. The third-order valence-electron chi connectivity index (χ3n) is 5.87. The average Bonchev–Trinajstić information content (AvgIpc) is 3.48. The Morgan fingerprint density at radius 1 is 1.27 bits per heavy atom. The SMILES string of the molecule is C[C@@H]1CC(Cn2ccc3nc(-c4cn[nH]c4)ccc32)CN1C(=O)c1cccc(F)c1. The maximum Gasteiger partial charge on any atom is 0.254 e. The quantitative estimate of drug-likeness (QED) is 0.557. The van der Waals surface area contributed by atoms with Crippen molar-refractivity contribution in [2.45, 2.75) is 25.9 Å². The minimum absolute atomic E-state index is 0.103. The van der Waals surface area contributed by atoms with Crippen LogP contribution >= 0.6 is 0 Å². The first kappa shape index (κ1) is 18.5. The number of hydrogen-bond donors (Lipinski definition) is 1. The van der Waals surface area contributed by atoms with E-state index in [1.807, 2.05) is 23.2 Å². The van der Waals surface area contributed by atoms with Crippen molar-refractivity contribution in [3.8, 4) is 11.3 Å². The highest BCUT2D eigenvalue weighted by molar-refractivity contribution is 5.94. The summed E-state index contributed by atoms with van der Waals surface area (Å²) in [7, 11) is 0. The molecule has 152 valence electrons. The summed E-state index contributed by atoms with van der Waals surface area (Å²) in [5.41, 5.74) is 4.26. The number of hydrogen-bond acceptors (Lipinski definition) is 3. The molecule has 0 aliphatic carbocycles. The van der Waals surface area contributed by atoms with Crippen molar-refractivity contribution in [3.05, 3.63) is 72.4 Å². The standard InChI is InChI=1S/C23H22FN5O/c1-15-9-16(14-29(15)23(30)17-3-2-4-19(24)10-17)13-28-8-7-21-22(28)6-5-20(27-21)18-11-25-26-12-18/h2-8,10-12,15-16H,9,13-14H2,1H3,(H,25,26)/t15-,16?/m1/s1. The number of aromatic amines is 1. The lowest BCUT2D eigenvalue weighted by atomic mass is 10.1. The van der Waals surface area contributed by atoms with E-state index in [4.69, 9.17) is 4.98 Å². The number of amides is 1. The van der Waals surface area contributed by atoms with E-state index in [-0.39, 0.29) is 17.8 Å². The second kappa shape index (κ2) is 7.40. The molecule has 7 heteroatoms. The van der Waals surface area contributed by atoms with Gasteiger partial charge in [-0.1, -0.05) is 6.07 Å². The molecule has 1 amide bonds. The van der Waals surface area contributed by atoms with Gasteiger partial charge in [0.05, 0.1) is 22.9 Å². The highest BCUT2D eigenvalue weighted by Gasteiger charge is 2.33. The van der Waals surface area contributed by atoms with E-state index in [9.17, 15) is 9.18 Å². The lowest BCUT2D eigenvalue weighted by Crippen LogP contribution is -2.34. The van der Waals surface area contributed by atoms with E-state index in [1.54, 1.807) is 18.3 Å². The molecular weight excluding hydrogens is 381 g/mol.